The van der Waals surface area contributed by atoms with Crippen molar-refractivity contribution in [2.75, 3.05) is 18.1 Å². The third kappa shape index (κ3) is 4.48. The van der Waals surface area contributed by atoms with Gasteiger partial charge in [-0.25, -0.2) is 0 Å². The van der Waals surface area contributed by atoms with Crippen molar-refractivity contribution in [3.05, 3.63) is 59.7 Å². The van der Waals surface area contributed by atoms with Gasteiger partial charge >= 0.3 is 0 Å². The number of carbonyl (C=O) groups is 2. The van der Waals surface area contributed by atoms with E-state index in [2.05, 4.69) is 12.2 Å². The number of benzene rings is 2. The molecule has 3 rings (SSSR count). The summed E-state index contributed by atoms with van der Waals surface area (Å²) < 4.78 is 5.41. The fourth-order valence-electron chi connectivity index (χ4n) is 3.27. The zero-order valence-corrected chi connectivity index (χ0v) is 15.9. The largest absolute Gasteiger partial charge is 0.494 e. The average Bonchev–Trinajstić information content (AvgIpc) is 3.09. The van der Waals surface area contributed by atoms with Gasteiger partial charge in [0.1, 0.15) is 11.7 Å². The van der Waals surface area contributed by atoms with E-state index in [-0.39, 0.29) is 11.8 Å². The molecule has 0 bridgehead atoms. The fraction of sp³-hybridized carbons (Fsp3) is 0.364. The highest BCUT2D eigenvalue weighted by atomic mass is 16.5. The molecular weight excluding hydrogens is 340 g/mol. The molecule has 2 amide bonds. The molecular formula is C22H26N2O3. The van der Waals surface area contributed by atoms with Gasteiger partial charge in [-0.15, -0.1) is 0 Å². The molecule has 0 unspecified atom stereocenters. The van der Waals surface area contributed by atoms with Gasteiger partial charge in [0.05, 0.1) is 6.61 Å². The third-order valence-corrected chi connectivity index (χ3v) is 4.88. The van der Waals surface area contributed by atoms with E-state index in [4.69, 9.17) is 4.74 Å². The Balaban J connectivity index is 1.56. The number of nitrogens with zero attached hydrogens (tertiary/aromatic N) is 1. The third-order valence-electron chi connectivity index (χ3n) is 4.88. The smallest absolute Gasteiger partial charge is 0.239 e. The topological polar surface area (TPSA) is 58.6 Å². The van der Waals surface area contributed by atoms with Crippen LogP contribution in [-0.4, -0.2) is 25.0 Å². The molecule has 5 heteroatoms. The molecule has 1 fully saturated rings. The molecule has 5 nitrogen and oxygen atoms in total. The van der Waals surface area contributed by atoms with Crippen LogP contribution in [0.25, 0.3) is 0 Å². The Hall–Kier alpha value is -2.82. The molecule has 0 saturated carbocycles. The maximum atomic E-state index is 12.7. The van der Waals surface area contributed by atoms with E-state index < -0.39 is 5.92 Å². The highest BCUT2D eigenvalue weighted by Gasteiger charge is 2.37. The molecule has 1 atom stereocenters. The number of rotatable bonds is 7. The molecule has 1 heterocycles. The van der Waals surface area contributed by atoms with Crippen LogP contribution < -0.4 is 15.0 Å². The first kappa shape index (κ1) is 19.0. The minimum atomic E-state index is -0.612. The van der Waals surface area contributed by atoms with E-state index >= 15 is 0 Å². The van der Waals surface area contributed by atoms with Gasteiger partial charge in [0, 0.05) is 18.8 Å². The predicted octanol–water partition coefficient (Wildman–Crippen LogP) is 3.32. The molecule has 0 aromatic heterocycles. The van der Waals surface area contributed by atoms with Gasteiger partial charge < -0.3 is 15.0 Å². The molecule has 0 radical (unpaired) electrons. The molecule has 2 aromatic rings. The second-order valence-corrected chi connectivity index (χ2v) is 6.65. The van der Waals surface area contributed by atoms with Crippen molar-refractivity contribution < 1.29 is 14.3 Å². The van der Waals surface area contributed by atoms with Crippen LogP contribution in [0.5, 0.6) is 5.75 Å². The van der Waals surface area contributed by atoms with Crippen molar-refractivity contribution in [3.63, 3.8) is 0 Å². The van der Waals surface area contributed by atoms with Gasteiger partial charge in [0.25, 0.3) is 0 Å². The Labute approximate surface area is 160 Å². The van der Waals surface area contributed by atoms with Gasteiger partial charge in [0.2, 0.25) is 11.8 Å². The lowest BCUT2D eigenvalue weighted by Gasteiger charge is -2.17. The maximum Gasteiger partial charge on any atom is 0.239 e. The van der Waals surface area contributed by atoms with Crippen molar-refractivity contribution >= 4 is 17.5 Å². The number of amides is 2. The zero-order valence-electron chi connectivity index (χ0n) is 15.9. The molecule has 142 valence electrons. The van der Waals surface area contributed by atoms with E-state index in [9.17, 15) is 9.59 Å². The van der Waals surface area contributed by atoms with Gasteiger partial charge in [0.15, 0.2) is 0 Å². The Bertz CT molecular complexity index is 784. The van der Waals surface area contributed by atoms with Crippen LogP contribution in [0.3, 0.4) is 0 Å². The number of hydrogen-bond donors (Lipinski definition) is 1. The Morgan fingerprint density at radius 1 is 1.07 bits per heavy atom. The normalized spacial score (nSPS) is 16.4. The minimum Gasteiger partial charge on any atom is -0.494 e. The average molecular weight is 366 g/mol. The molecule has 1 aliphatic rings. The van der Waals surface area contributed by atoms with Crippen molar-refractivity contribution in [1.29, 1.82) is 0 Å². The summed E-state index contributed by atoms with van der Waals surface area (Å²) in [4.78, 5) is 26.9. The first-order valence-corrected chi connectivity index (χ1v) is 9.52. The number of anilines is 1. The van der Waals surface area contributed by atoms with Gasteiger partial charge in [-0.2, -0.15) is 0 Å². The van der Waals surface area contributed by atoms with Crippen LogP contribution in [0, 0.1) is 5.92 Å². The van der Waals surface area contributed by atoms with Gasteiger partial charge in [-0.1, -0.05) is 31.2 Å². The molecule has 1 N–H and O–H groups in total. The highest BCUT2D eigenvalue weighted by molar-refractivity contribution is 6.09. The van der Waals surface area contributed by atoms with E-state index in [1.165, 1.54) is 5.56 Å². The van der Waals surface area contributed by atoms with Crippen molar-refractivity contribution in [2.45, 2.75) is 33.2 Å². The number of hydrogen-bond acceptors (Lipinski definition) is 3. The van der Waals surface area contributed by atoms with E-state index in [0.29, 0.717) is 26.1 Å². The SMILES string of the molecule is CCOc1ccc(CNC(=O)[C@H]2CCN(c3ccc(CC)cc3)C2=O)cc1. The summed E-state index contributed by atoms with van der Waals surface area (Å²) in [6.07, 6.45) is 1.51. The summed E-state index contributed by atoms with van der Waals surface area (Å²) in [5.41, 5.74) is 3.07. The number of nitrogens with one attached hydrogen (secondary N) is 1. The summed E-state index contributed by atoms with van der Waals surface area (Å²) >= 11 is 0. The number of carbonyl (C=O) groups excluding carboxylic acids is 2. The van der Waals surface area contributed by atoms with Crippen LogP contribution in [0.4, 0.5) is 5.69 Å². The maximum absolute atomic E-state index is 12.7. The quantitative estimate of drug-likeness (QED) is 0.765. The van der Waals surface area contributed by atoms with Crippen LogP contribution in [0.15, 0.2) is 48.5 Å². The standard InChI is InChI=1S/C22H26N2O3/c1-3-16-5-9-18(10-6-16)24-14-13-20(22(24)26)21(25)23-15-17-7-11-19(12-8-17)27-4-2/h5-12,20H,3-4,13-15H2,1-2H3,(H,23,25)/t20-/m1/s1. The van der Waals surface area contributed by atoms with Gasteiger partial charge in [-0.3, -0.25) is 9.59 Å². The van der Waals surface area contributed by atoms with Gasteiger partial charge in [-0.05, 0) is 55.2 Å². The lowest BCUT2D eigenvalue weighted by atomic mass is 10.1. The molecule has 2 aromatic carbocycles. The monoisotopic (exact) mass is 366 g/mol. The molecule has 0 aliphatic carbocycles. The summed E-state index contributed by atoms with van der Waals surface area (Å²) in [5.74, 6) is -0.133. The Morgan fingerprint density at radius 2 is 1.74 bits per heavy atom. The minimum absolute atomic E-state index is 0.122. The second kappa shape index (κ2) is 8.71. The lowest BCUT2D eigenvalue weighted by molar-refractivity contribution is -0.132. The summed E-state index contributed by atoms with van der Waals surface area (Å²) in [6.45, 7) is 5.64. The summed E-state index contributed by atoms with van der Waals surface area (Å²) in [6, 6.07) is 15.6. The molecule has 0 spiro atoms. The summed E-state index contributed by atoms with van der Waals surface area (Å²) in [5, 5.41) is 2.89. The van der Waals surface area contributed by atoms with Crippen molar-refractivity contribution in [2.24, 2.45) is 5.92 Å². The first-order chi connectivity index (χ1) is 13.1. The highest BCUT2D eigenvalue weighted by Crippen LogP contribution is 2.26. The van der Waals surface area contributed by atoms with Crippen LogP contribution in [-0.2, 0) is 22.6 Å². The number of ether oxygens (including phenoxy) is 1. The van der Waals surface area contributed by atoms with Crippen molar-refractivity contribution in [1.82, 2.24) is 5.32 Å². The Morgan fingerprint density at radius 3 is 2.37 bits per heavy atom. The summed E-state index contributed by atoms with van der Waals surface area (Å²) in [7, 11) is 0. The van der Waals surface area contributed by atoms with E-state index in [1.807, 2.05) is 55.5 Å². The fourth-order valence-corrected chi connectivity index (χ4v) is 3.27. The van der Waals surface area contributed by atoms with Crippen molar-refractivity contribution in [3.8, 4) is 5.75 Å². The predicted molar refractivity (Wildman–Crippen MR) is 106 cm³/mol. The van der Waals surface area contributed by atoms with Crippen LogP contribution in [0.2, 0.25) is 0 Å². The first-order valence-electron chi connectivity index (χ1n) is 9.52. The zero-order chi connectivity index (χ0) is 19.2. The lowest BCUT2D eigenvalue weighted by Crippen LogP contribution is -2.36. The van der Waals surface area contributed by atoms with E-state index in [1.54, 1.807) is 4.90 Å². The Kier molecular flexibility index (Phi) is 6.12. The second-order valence-electron chi connectivity index (χ2n) is 6.65. The number of aryl methyl sites for hydroxylation is 1. The van der Waals surface area contributed by atoms with Crippen LogP contribution >= 0.6 is 0 Å². The molecule has 1 aliphatic heterocycles. The van der Waals surface area contributed by atoms with Crippen LogP contribution in [0.1, 0.15) is 31.4 Å². The molecule has 27 heavy (non-hydrogen) atoms. The molecule has 1 saturated heterocycles. The van der Waals surface area contributed by atoms with E-state index in [0.717, 1.165) is 23.4 Å².